The van der Waals surface area contributed by atoms with Crippen LogP contribution in [0.1, 0.15) is 31.4 Å². The Labute approximate surface area is 203 Å². The van der Waals surface area contributed by atoms with Crippen LogP contribution in [0, 0.1) is 5.92 Å². The number of rotatable bonds is 10. The number of carbonyl (C=O) groups is 3. The average molecular weight is 495 g/mol. The fourth-order valence-electron chi connectivity index (χ4n) is 3.12. The third-order valence-corrected chi connectivity index (χ3v) is 5.36. The Balaban J connectivity index is 2.07. The molecule has 2 rings (SSSR count). The number of halogens is 2. The number of methoxy groups -OCH3 is 1. The molecule has 2 N–H and O–H groups in total. The number of hydrogen-bond acceptors (Lipinski definition) is 5. The first-order valence-electron chi connectivity index (χ1n) is 10.5. The van der Waals surface area contributed by atoms with Crippen LogP contribution in [0.2, 0.25) is 10.0 Å². The van der Waals surface area contributed by atoms with Crippen molar-refractivity contribution in [3.63, 3.8) is 0 Å². The maximum Gasteiger partial charge on any atom is 0.408 e. The van der Waals surface area contributed by atoms with Crippen LogP contribution in [0.15, 0.2) is 48.5 Å². The molecule has 0 aromatic heterocycles. The monoisotopic (exact) mass is 494 g/mol. The van der Waals surface area contributed by atoms with Crippen molar-refractivity contribution in [3.05, 3.63) is 69.7 Å². The van der Waals surface area contributed by atoms with Gasteiger partial charge in [-0.25, -0.2) is 9.59 Å². The highest BCUT2D eigenvalue weighted by Crippen LogP contribution is 2.22. The first-order chi connectivity index (χ1) is 15.7. The van der Waals surface area contributed by atoms with Gasteiger partial charge in [-0.1, -0.05) is 73.4 Å². The molecule has 0 fully saturated rings. The Morgan fingerprint density at radius 3 is 2.27 bits per heavy atom. The lowest BCUT2D eigenvalue weighted by Crippen LogP contribution is -2.53. The van der Waals surface area contributed by atoms with E-state index in [4.69, 9.17) is 32.7 Å². The average Bonchev–Trinajstić information content (AvgIpc) is 2.78. The molecule has 0 aliphatic rings. The smallest absolute Gasteiger partial charge is 0.408 e. The molecule has 2 atom stereocenters. The lowest BCUT2D eigenvalue weighted by atomic mass is 10.0. The molecule has 178 valence electrons. The van der Waals surface area contributed by atoms with Crippen LogP contribution < -0.4 is 10.6 Å². The van der Waals surface area contributed by atoms with E-state index in [1.807, 2.05) is 44.2 Å². The molecule has 0 heterocycles. The van der Waals surface area contributed by atoms with Gasteiger partial charge >= 0.3 is 12.1 Å². The summed E-state index contributed by atoms with van der Waals surface area (Å²) in [4.78, 5) is 37.7. The molecular formula is C24H28Cl2N2O5. The van der Waals surface area contributed by atoms with Crippen molar-refractivity contribution >= 4 is 41.2 Å². The second-order valence-electron chi connectivity index (χ2n) is 7.91. The number of esters is 1. The van der Waals surface area contributed by atoms with E-state index in [-0.39, 0.29) is 18.9 Å². The van der Waals surface area contributed by atoms with Crippen molar-refractivity contribution in [2.75, 3.05) is 7.11 Å². The predicted molar refractivity (Wildman–Crippen MR) is 127 cm³/mol. The van der Waals surface area contributed by atoms with Gasteiger partial charge in [0, 0.05) is 16.5 Å². The van der Waals surface area contributed by atoms with Crippen LogP contribution >= 0.6 is 23.2 Å². The van der Waals surface area contributed by atoms with Crippen molar-refractivity contribution in [2.45, 2.75) is 45.4 Å². The second kappa shape index (κ2) is 13.1. The Bertz CT molecular complexity index is 953. The molecular weight excluding hydrogens is 467 g/mol. The first-order valence-corrected chi connectivity index (χ1v) is 11.2. The summed E-state index contributed by atoms with van der Waals surface area (Å²) in [7, 11) is 1.23. The van der Waals surface area contributed by atoms with Crippen molar-refractivity contribution in [1.82, 2.24) is 10.6 Å². The van der Waals surface area contributed by atoms with Gasteiger partial charge in [0.2, 0.25) is 5.91 Å². The van der Waals surface area contributed by atoms with Gasteiger partial charge in [-0.3, -0.25) is 4.79 Å². The summed E-state index contributed by atoms with van der Waals surface area (Å²) in [5.74, 6) is -1.07. The molecule has 7 nitrogen and oxygen atoms in total. The van der Waals surface area contributed by atoms with Crippen LogP contribution in [0.4, 0.5) is 4.79 Å². The van der Waals surface area contributed by atoms with Crippen molar-refractivity contribution in [1.29, 1.82) is 0 Å². The van der Waals surface area contributed by atoms with Crippen molar-refractivity contribution in [3.8, 4) is 0 Å². The molecule has 0 spiro atoms. The van der Waals surface area contributed by atoms with Crippen LogP contribution in [0.3, 0.4) is 0 Å². The fraction of sp³-hybridized carbons (Fsp3) is 0.375. The Morgan fingerprint density at radius 1 is 0.970 bits per heavy atom. The van der Waals surface area contributed by atoms with Gasteiger partial charge in [0.1, 0.15) is 18.7 Å². The van der Waals surface area contributed by atoms with E-state index in [9.17, 15) is 14.4 Å². The minimum absolute atomic E-state index is 0.0720. The van der Waals surface area contributed by atoms with Gasteiger partial charge in [0.15, 0.2) is 0 Å². The molecule has 0 aliphatic heterocycles. The number of amides is 2. The summed E-state index contributed by atoms with van der Waals surface area (Å²) in [5, 5.41) is 6.09. The maximum absolute atomic E-state index is 13.0. The van der Waals surface area contributed by atoms with E-state index in [0.29, 0.717) is 22.0 Å². The number of carbonyl (C=O) groups excluding carboxylic acids is 3. The highest BCUT2D eigenvalue weighted by molar-refractivity contribution is 6.35. The topological polar surface area (TPSA) is 93.7 Å². The third-order valence-electron chi connectivity index (χ3n) is 4.77. The number of alkyl carbamates (subject to hydrolysis) is 1. The zero-order chi connectivity index (χ0) is 24.4. The molecule has 9 heteroatoms. The molecule has 2 aromatic carbocycles. The Hall–Kier alpha value is -2.77. The third kappa shape index (κ3) is 8.94. The molecule has 0 radical (unpaired) electrons. The number of hydrogen-bond donors (Lipinski definition) is 2. The zero-order valence-electron chi connectivity index (χ0n) is 18.8. The van der Waals surface area contributed by atoms with E-state index < -0.39 is 30.1 Å². The molecule has 0 bridgehead atoms. The van der Waals surface area contributed by atoms with Gasteiger partial charge in [-0.05, 0) is 35.6 Å². The van der Waals surface area contributed by atoms with Gasteiger partial charge in [-0.15, -0.1) is 0 Å². The lowest BCUT2D eigenvalue weighted by Gasteiger charge is -2.23. The molecule has 0 saturated carbocycles. The summed E-state index contributed by atoms with van der Waals surface area (Å²) < 4.78 is 10.1. The maximum atomic E-state index is 13.0. The standard InChI is InChI=1S/C24H28Cl2N2O5/c1-15(2)11-20(28-24(31)33-14-16-7-5-4-6-8-16)22(29)27-21(23(30)32-3)12-17-9-10-18(25)13-19(17)26/h4-10,13,15,20-21H,11-12,14H2,1-3H3,(H,27,29)(H,28,31)/t20-,21+/m0/s1. The number of nitrogens with one attached hydrogen (secondary N) is 2. The van der Waals surface area contributed by atoms with Crippen LogP contribution in [0.25, 0.3) is 0 Å². The summed E-state index contributed by atoms with van der Waals surface area (Å²) in [6.07, 6.45) is -0.279. The SMILES string of the molecule is COC(=O)[C@@H](Cc1ccc(Cl)cc1Cl)NC(=O)[C@H](CC(C)C)NC(=O)OCc1ccccc1. The molecule has 0 aliphatic carbocycles. The summed E-state index contributed by atoms with van der Waals surface area (Å²) in [6.45, 7) is 3.91. The van der Waals surface area contributed by atoms with E-state index >= 15 is 0 Å². The van der Waals surface area contributed by atoms with Crippen LogP contribution in [0.5, 0.6) is 0 Å². The van der Waals surface area contributed by atoms with E-state index in [1.54, 1.807) is 18.2 Å². The number of benzene rings is 2. The van der Waals surface area contributed by atoms with Crippen LogP contribution in [-0.4, -0.2) is 37.2 Å². The molecule has 0 saturated heterocycles. The Morgan fingerprint density at radius 2 is 1.67 bits per heavy atom. The van der Waals surface area contributed by atoms with Crippen molar-refractivity contribution < 1.29 is 23.9 Å². The second-order valence-corrected chi connectivity index (χ2v) is 8.76. The van der Waals surface area contributed by atoms with Crippen molar-refractivity contribution in [2.24, 2.45) is 5.92 Å². The Kier molecular flexibility index (Phi) is 10.5. The first kappa shape index (κ1) is 26.5. The lowest BCUT2D eigenvalue weighted by molar-refractivity contribution is -0.145. The van der Waals surface area contributed by atoms with Gasteiger partial charge in [-0.2, -0.15) is 0 Å². The largest absolute Gasteiger partial charge is 0.467 e. The van der Waals surface area contributed by atoms with Gasteiger partial charge in [0.05, 0.1) is 7.11 Å². The predicted octanol–water partition coefficient (Wildman–Crippen LogP) is 4.53. The minimum Gasteiger partial charge on any atom is -0.467 e. The normalized spacial score (nSPS) is 12.5. The van der Waals surface area contributed by atoms with E-state index in [0.717, 1.165) is 5.56 Å². The molecule has 2 aromatic rings. The molecule has 2 amide bonds. The zero-order valence-corrected chi connectivity index (χ0v) is 20.3. The fourth-order valence-corrected chi connectivity index (χ4v) is 3.61. The minimum atomic E-state index is -1.00. The molecule has 0 unspecified atom stereocenters. The summed E-state index contributed by atoms with van der Waals surface area (Å²) in [6, 6.07) is 12.2. The van der Waals surface area contributed by atoms with E-state index in [2.05, 4.69) is 10.6 Å². The van der Waals surface area contributed by atoms with Gasteiger partial charge in [0.25, 0.3) is 0 Å². The van der Waals surface area contributed by atoms with Crippen LogP contribution in [-0.2, 0) is 32.1 Å². The van der Waals surface area contributed by atoms with E-state index in [1.165, 1.54) is 7.11 Å². The highest BCUT2D eigenvalue weighted by atomic mass is 35.5. The quantitative estimate of drug-likeness (QED) is 0.473. The number of ether oxygens (including phenoxy) is 2. The van der Waals surface area contributed by atoms with Gasteiger partial charge < -0.3 is 20.1 Å². The summed E-state index contributed by atoms with van der Waals surface area (Å²) in [5.41, 5.74) is 1.44. The highest BCUT2D eigenvalue weighted by Gasteiger charge is 2.29. The summed E-state index contributed by atoms with van der Waals surface area (Å²) >= 11 is 12.2. The molecule has 33 heavy (non-hydrogen) atoms.